The zero-order chi connectivity index (χ0) is 17.2. The summed E-state index contributed by atoms with van der Waals surface area (Å²) in [5.74, 6) is 1.85. The van der Waals surface area contributed by atoms with Crippen LogP contribution in [0.2, 0.25) is 0 Å². The summed E-state index contributed by atoms with van der Waals surface area (Å²) in [7, 11) is 1.99. The van der Waals surface area contributed by atoms with E-state index in [0.29, 0.717) is 6.54 Å². The van der Waals surface area contributed by atoms with E-state index in [1.54, 1.807) is 12.4 Å². The average Bonchev–Trinajstić information content (AvgIpc) is 3.05. The number of pyridine rings is 2. The number of rotatable bonds is 4. The molecule has 4 aromatic rings. The van der Waals surface area contributed by atoms with Gasteiger partial charge in [0.05, 0.1) is 6.54 Å². The Morgan fingerprint density at radius 3 is 2.60 bits per heavy atom. The van der Waals surface area contributed by atoms with E-state index in [0.717, 1.165) is 33.8 Å². The number of anilines is 1. The number of fused-ring (bicyclic) bond motifs is 1. The summed E-state index contributed by atoms with van der Waals surface area (Å²) in [4.78, 5) is 13.5. The Labute approximate surface area is 146 Å². The summed E-state index contributed by atoms with van der Waals surface area (Å²) in [5.41, 5.74) is 3.19. The molecule has 0 saturated heterocycles. The summed E-state index contributed by atoms with van der Waals surface area (Å²) in [5, 5.41) is 5.71. The van der Waals surface area contributed by atoms with Crippen LogP contribution in [0.4, 0.5) is 5.82 Å². The largest absolute Gasteiger partial charge is 0.362 e. The van der Waals surface area contributed by atoms with Gasteiger partial charge in [0.1, 0.15) is 11.6 Å². The van der Waals surface area contributed by atoms with Crippen LogP contribution >= 0.6 is 0 Å². The smallest absolute Gasteiger partial charge is 0.134 e. The summed E-state index contributed by atoms with van der Waals surface area (Å²) in [6.45, 7) is 2.67. The number of aromatic nitrogens is 4. The first-order valence-corrected chi connectivity index (χ1v) is 8.24. The van der Waals surface area contributed by atoms with Crippen molar-refractivity contribution in [3.8, 4) is 11.1 Å². The van der Waals surface area contributed by atoms with Crippen LogP contribution < -0.4 is 5.32 Å². The molecule has 0 fully saturated rings. The van der Waals surface area contributed by atoms with E-state index < -0.39 is 0 Å². The van der Waals surface area contributed by atoms with Crippen LogP contribution in [0.3, 0.4) is 0 Å². The molecule has 5 heteroatoms. The van der Waals surface area contributed by atoms with E-state index in [1.165, 1.54) is 5.39 Å². The number of nitrogens with one attached hydrogen (secondary N) is 1. The van der Waals surface area contributed by atoms with Crippen molar-refractivity contribution >= 4 is 16.6 Å². The molecule has 3 heterocycles. The Morgan fingerprint density at radius 2 is 1.88 bits per heavy atom. The molecule has 0 saturated carbocycles. The lowest BCUT2D eigenvalue weighted by Gasteiger charge is -2.15. The van der Waals surface area contributed by atoms with Gasteiger partial charge in [0.15, 0.2) is 0 Å². The second kappa shape index (κ2) is 6.36. The van der Waals surface area contributed by atoms with E-state index >= 15 is 0 Å². The average molecular weight is 329 g/mol. The molecule has 4 rings (SSSR count). The second-order valence-electron chi connectivity index (χ2n) is 6.02. The van der Waals surface area contributed by atoms with Gasteiger partial charge in [0.25, 0.3) is 0 Å². The third-order valence-corrected chi connectivity index (χ3v) is 4.38. The topological polar surface area (TPSA) is 55.6 Å². The van der Waals surface area contributed by atoms with Crippen molar-refractivity contribution in [3.63, 3.8) is 0 Å². The first kappa shape index (κ1) is 15.3. The quantitative estimate of drug-likeness (QED) is 0.616. The molecule has 0 amide bonds. The first-order chi connectivity index (χ1) is 12.2. The van der Waals surface area contributed by atoms with Gasteiger partial charge in [-0.3, -0.25) is 4.98 Å². The molecule has 3 aromatic heterocycles. The molecule has 1 N–H and O–H groups in total. The SMILES string of the molecule is Cc1nc(NCc2nccn2C)c2ccccc2c1-c1cccnc1. The minimum Gasteiger partial charge on any atom is -0.362 e. The molecule has 5 nitrogen and oxygen atoms in total. The Kier molecular flexibility index (Phi) is 3.90. The van der Waals surface area contributed by atoms with Crippen molar-refractivity contribution < 1.29 is 0 Å². The van der Waals surface area contributed by atoms with E-state index in [9.17, 15) is 0 Å². The number of benzene rings is 1. The maximum absolute atomic E-state index is 4.83. The minimum atomic E-state index is 0.631. The summed E-state index contributed by atoms with van der Waals surface area (Å²) >= 11 is 0. The van der Waals surface area contributed by atoms with E-state index in [1.807, 2.05) is 43.1 Å². The molecule has 1 aromatic carbocycles. The molecule has 0 spiro atoms. The summed E-state index contributed by atoms with van der Waals surface area (Å²) in [6, 6.07) is 12.4. The highest BCUT2D eigenvalue weighted by Crippen LogP contribution is 2.34. The van der Waals surface area contributed by atoms with E-state index in [-0.39, 0.29) is 0 Å². The Bertz CT molecular complexity index is 1020. The van der Waals surface area contributed by atoms with Gasteiger partial charge in [-0.2, -0.15) is 0 Å². The predicted octanol–water partition coefficient (Wildman–Crippen LogP) is 3.95. The Hall–Kier alpha value is -3.21. The van der Waals surface area contributed by atoms with Gasteiger partial charge in [0, 0.05) is 54.0 Å². The molecule has 0 bridgehead atoms. The molecule has 0 aliphatic rings. The highest BCUT2D eigenvalue weighted by Gasteiger charge is 2.13. The molecule has 124 valence electrons. The van der Waals surface area contributed by atoms with Gasteiger partial charge in [0.2, 0.25) is 0 Å². The van der Waals surface area contributed by atoms with Crippen LogP contribution in [-0.2, 0) is 13.6 Å². The number of nitrogens with zero attached hydrogens (tertiary/aromatic N) is 4. The molecule has 0 radical (unpaired) electrons. The van der Waals surface area contributed by atoms with Crippen molar-refractivity contribution in [2.24, 2.45) is 7.05 Å². The van der Waals surface area contributed by atoms with Crippen LogP contribution in [0, 0.1) is 6.92 Å². The maximum atomic E-state index is 4.83. The lowest BCUT2D eigenvalue weighted by Crippen LogP contribution is -2.08. The highest BCUT2D eigenvalue weighted by atomic mass is 15.1. The molecule has 0 atom stereocenters. The third kappa shape index (κ3) is 2.85. The summed E-state index contributed by atoms with van der Waals surface area (Å²) < 4.78 is 2.01. The number of hydrogen-bond acceptors (Lipinski definition) is 4. The lowest BCUT2D eigenvalue weighted by molar-refractivity contribution is 0.811. The zero-order valence-corrected chi connectivity index (χ0v) is 14.3. The van der Waals surface area contributed by atoms with Gasteiger partial charge < -0.3 is 9.88 Å². The van der Waals surface area contributed by atoms with Crippen molar-refractivity contribution in [1.82, 2.24) is 19.5 Å². The van der Waals surface area contributed by atoms with Gasteiger partial charge in [-0.05, 0) is 18.4 Å². The normalized spacial score (nSPS) is 11.0. The van der Waals surface area contributed by atoms with Crippen LogP contribution in [0.15, 0.2) is 61.2 Å². The first-order valence-electron chi connectivity index (χ1n) is 8.24. The predicted molar refractivity (Wildman–Crippen MR) is 100 cm³/mol. The fourth-order valence-corrected chi connectivity index (χ4v) is 3.13. The number of aryl methyl sites for hydroxylation is 2. The molecule has 0 aliphatic heterocycles. The zero-order valence-electron chi connectivity index (χ0n) is 14.3. The van der Waals surface area contributed by atoms with Crippen molar-refractivity contribution in [2.75, 3.05) is 5.32 Å². The van der Waals surface area contributed by atoms with Crippen LogP contribution in [0.25, 0.3) is 21.9 Å². The molecule has 25 heavy (non-hydrogen) atoms. The molecular formula is C20H19N5. The standard InChI is InChI=1S/C20H19N5/c1-14-19(15-6-5-9-21-12-15)16-7-3-4-8-17(16)20(24-14)23-13-18-22-10-11-25(18)2/h3-12H,13H2,1-2H3,(H,23,24). The van der Waals surface area contributed by atoms with E-state index in [4.69, 9.17) is 4.98 Å². The fraction of sp³-hybridized carbons (Fsp3) is 0.150. The molecule has 0 aliphatic carbocycles. The monoisotopic (exact) mass is 329 g/mol. The van der Waals surface area contributed by atoms with Crippen molar-refractivity contribution in [1.29, 1.82) is 0 Å². The second-order valence-corrected chi connectivity index (χ2v) is 6.02. The third-order valence-electron chi connectivity index (χ3n) is 4.38. The molecular weight excluding hydrogens is 310 g/mol. The van der Waals surface area contributed by atoms with Gasteiger partial charge in [-0.1, -0.05) is 30.3 Å². The molecule has 0 unspecified atom stereocenters. The fourth-order valence-electron chi connectivity index (χ4n) is 3.13. The number of hydrogen-bond donors (Lipinski definition) is 1. The Balaban J connectivity index is 1.81. The lowest BCUT2D eigenvalue weighted by atomic mass is 9.98. The number of imidazole rings is 1. The maximum Gasteiger partial charge on any atom is 0.134 e. The van der Waals surface area contributed by atoms with E-state index in [2.05, 4.69) is 39.6 Å². The van der Waals surface area contributed by atoms with Gasteiger partial charge in [-0.15, -0.1) is 0 Å². The Morgan fingerprint density at radius 1 is 1.04 bits per heavy atom. The minimum absolute atomic E-state index is 0.631. The van der Waals surface area contributed by atoms with Crippen LogP contribution in [-0.4, -0.2) is 19.5 Å². The van der Waals surface area contributed by atoms with Crippen molar-refractivity contribution in [2.45, 2.75) is 13.5 Å². The highest BCUT2D eigenvalue weighted by molar-refractivity contribution is 6.02. The van der Waals surface area contributed by atoms with Crippen molar-refractivity contribution in [3.05, 3.63) is 72.7 Å². The van der Waals surface area contributed by atoms with Gasteiger partial charge >= 0.3 is 0 Å². The van der Waals surface area contributed by atoms with Crippen LogP contribution in [0.5, 0.6) is 0 Å². The van der Waals surface area contributed by atoms with Gasteiger partial charge in [-0.25, -0.2) is 9.97 Å². The van der Waals surface area contributed by atoms with Crippen LogP contribution in [0.1, 0.15) is 11.5 Å². The summed E-state index contributed by atoms with van der Waals surface area (Å²) in [6.07, 6.45) is 7.42.